The maximum Gasteiger partial charge on any atom is 0.164 e. The van der Waals surface area contributed by atoms with E-state index in [0.29, 0.717) is 23.3 Å². The van der Waals surface area contributed by atoms with Gasteiger partial charge in [0.1, 0.15) is 0 Å². The van der Waals surface area contributed by atoms with Crippen molar-refractivity contribution in [2.45, 2.75) is 19.3 Å². The van der Waals surface area contributed by atoms with Crippen LogP contribution in [0, 0.1) is 0 Å². The maximum absolute atomic E-state index is 5.26. The Hall–Kier alpha value is -7.37. The van der Waals surface area contributed by atoms with Crippen LogP contribution in [0.15, 0.2) is 188 Å². The number of rotatable bonds is 7. The zero-order valence-electron chi connectivity index (χ0n) is 31.6. The summed E-state index contributed by atoms with van der Waals surface area (Å²) in [6.07, 6.45) is 0. The van der Waals surface area contributed by atoms with Crippen molar-refractivity contribution < 1.29 is 0 Å². The minimum absolute atomic E-state index is 0.187. The molecule has 2 aromatic heterocycles. The molecule has 270 valence electrons. The molecule has 57 heavy (non-hydrogen) atoms. The average Bonchev–Trinajstić information content (AvgIpc) is 3.53. The predicted molar refractivity (Wildman–Crippen MR) is 231 cm³/mol. The highest BCUT2D eigenvalue weighted by atomic mass is 15.0. The van der Waals surface area contributed by atoms with Crippen molar-refractivity contribution in [1.29, 1.82) is 0 Å². The van der Waals surface area contributed by atoms with Gasteiger partial charge >= 0.3 is 0 Å². The Labute approximate surface area is 332 Å². The number of aromatic nitrogens is 5. The van der Waals surface area contributed by atoms with Crippen molar-refractivity contribution in [2.24, 2.45) is 0 Å². The molecule has 0 amide bonds. The van der Waals surface area contributed by atoms with Crippen LogP contribution in [-0.2, 0) is 5.41 Å². The zero-order valence-corrected chi connectivity index (χ0v) is 31.6. The molecule has 0 saturated carbocycles. The fourth-order valence-corrected chi connectivity index (χ4v) is 8.14. The number of nitrogens with zero attached hydrogens (tertiary/aromatic N) is 5. The zero-order chi connectivity index (χ0) is 38.3. The Kier molecular flexibility index (Phi) is 8.41. The summed E-state index contributed by atoms with van der Waals surface area (Å²) in [5.74, 6) is 2.59. The lowest BCUT2D eigenvalue weighted by atomic mass is 9.79. The molecule has 0 saturated heterocycles. The van der Waals surface area contributed by atoms with Gasteiger partial charge in [0.05, 0.1) is 11.4 Å². The molecule has 0 aliphatic heterocycles. The first-order chi connectivity index (χ1) is 28.0. The van der Waals surface area contributed by atoms with Crippen molar-refractivity contribution in [2.75, 3.05) is 0 Å². The fourth-order valence-electron chi connectivity index (χ4n) is 8.14. The minimum Gasteiger partial charge on any atom is -0.228 e. The SMILES string of the molecule is CC1(C)c2ccccc2-c2cccc(-c3cc(-c4cccc(-c5cccc(-c6nc(-c7ccccc7)nc(-c7ccccc7)n6)c5)c4)nc(-c4ccccc4)n3)c21. The van der Waals surface area contributed by atoms with E-state index < -0.39 is 0 Å². The molecule has 1 aliphatic carbocycles. The van der Waals surface area contributed by atoms with E-state index in [1.807, 2.05) is 78.9 Å². The molecule has 0 radical (unpaired) electrons. The molecule has 0 bridgehead atoms. The number of benzene rings is 7. The standard InChI is InChI=1S/C52H37N5/c1-52(2)44-30-13-12-27-41(44)42-28-16-29-43(47(42)52)46-33-45(53-48(54-46)34-17-6-3-7-18-34)39-25-14-23-37(31-39)38-24-15-26-40(32-38)51-56-49(35-19-8-4-9-20-35)55-50(57-51)36-21-10-5-11-22-36/h3-33H,1-2H3. The maximum atomic E-state index is 5.26. The van der Waals surface area contributed by atoms with Crippen molar-refractivity contribution in [1.82, 2.24) is 24.9 Å². The summed E-state index contributed by atoms with van der Waals surface area (Å²) in [4.78, 5) is 25.3. The Morgan fingerprint density at radius 2 is 0.702 bits per heavy atom. The summed E-state index contributed by atoms with van der Waals surface area (Å²) in [7, 11) is 0. The molecule has 2 heterocycles. The van der Waals surface area contributed by atoms with Gasteiger partial charge in [-0.1, -0.05) is 184 Å². The van der Waals surface area contributed by atoms with E-state index in [-0.39, 0.29) is 5.41 Å². The Morgan fingerprint density at radius 1 is 0.298 bits per heavy atom. The second-order valence-electron chi connectivity index (χ2n) is 14.9. The van der Waals surface area contributed by atoms with Gasteiger partial charge in [0.2, 0.25) is 0 Å². The van der Waals surface area contributed by atoms with Gasteiger partial charge in [0, 0.05) is 38.8 Å². The number of hydrogen-bond acceptors (Lipinski definition) is 5. The molecular formula is C52H37N5. The quantitative estimate of drug-likeness (QED) is 0.163. The number of fused-ring (bicyclic) bond motifs is 3. The third-order valence-electron chi connectivity index (χ3n) is 10.9. The molecule has 9 aromatic rings. The first-order valence-corrected chi connectivity index (χ1v) is 19.3. The van der Waals surface area contributed by atoms with Gasteiger partial charge in [-0.05, 0) is 51.6 Å². The third-order valence-corrected chi connectivity index (χ3v) is 10.9. The van der Waals surface area contributed by atoms with E-state index >= 15 is 0 Å². The first kappa shape index (κ1) is 34.1. The van der Waals surface area contributed by atoms with E-state index in [9.17, 15) is 0 Å². The van der Waals surface area contributed by atoms with Gasteiger partial charge in [0.25, 0.3) is 0 Å². The summed E-state index contributed by atoms with van der Waals surface area (Å²) >= 11 is 0. The van der Waals surface area contributed by atoms with Gasteiger partial charge < -0.3 is 0 Å². The van der Waals surface area contributed by atoms with E-state index in [1.54, 1.807) is 0 Å². The lowest BCUT2D eigenvalue weighted by Crippen LogP contribution is -2.16. The Balaban J connectivity index is 1.08. The van der Waals surface area contributed by atoms with Crippen LogP contribution < -0.4 is 0 Å². The second-order valence-corrected chi connectivity index (χ2v) is 14.9. The van der Waals surface area contributed by atoms with Gasteiger partial charge in [-0.2, -0.15) is 0 Å². The van der Waals surface area contributed by atoms with Crippen LogP contribution in [0.25, 0.3) is 90.3 Å². The third kappa shape index (κ3) is 6.29. The highest BCUT2D eigenvalue weighted by Gasteiger charge is 2.37. The highest BCUT2D eigenvalue weighted by Crippen LogP contribution is 2.52. The summed E-state index contributed by atoms with van der Waals surface area (Å²) in [6.45, 7) is 4.64. The molecule has 5 heteroatoms. The average molecular weight is 732 g/mol. The first-order valence-electron chi connectivity index (χ1n) is 19.3. The molecule has 0 atom stereocenters. The molecule has 10 rings (SSSR count). The van der Waals surface area contributed by atoms with Gasteiger partial charge in [-0.15, -0.1) is 0 Å². The molecule has 0 N–H and O–H groups in total. The van der Waals surface area contributed by atoms with Crippen molar-refractivity contribution >= 4 is 0 Å². The summed E-state index contributed by atoms with van der Waals surface area (Å²) in [5, 5.41) is 0. The van der Waals surface area contributed by atoms with Crippen molar-refractivity contribution in [3.8, 4) is 90.3 Å². The molecule has 0 unspecified atom stereocenters. The van der Waals surface area contributed by atoms with Crippen LogP contribution >= 0.6 is 0 Å². The largest absolute Gasteiger partial charge is 0.228 e. The minimum atomic E-state index is -0.187. The van der Waals surface area contributed by atoms with Crippen LogP contribution in [0.3, 0.4) is 0 Å². The van der Waals surface area contributed by atoms with Crippen molar-refractivity contribution in [3.05, 3.63) is 199 Å². The summed E-state index contributed by atoms with van der Waals surface area (Å²) in [6, 6.07) is 64.9. The van der Waals surface area contributed by atoms with Crippen LogP contribution in [-0.4, -0.2) is 24.9 Å². The highest BCUT2D eigenvalue weighted by molar-refractivity contribution is 5.88. The lowest BCUT2D eigenvalue weighted by Gasteiger charge is -2.24. The molecule has 7 aromatic carbocycles. The van der Waals surface area contributed by atoms with E-state index in [2.05, 4.69) is 123 Å². The van der Waals surface area contributed by atoms with Crippen LogP contribution in [0.2, 0.25) is 0 Å². The van der Waals surface area contributed by atoms with Gasteiger partial charge in [-0.3, -0.25) is 0 Å². The molecule has 5 nitrogen and oxygen atoms in total. The van der Waals surface area contributed by atoms with Gasteiger partial charge in [0.15, 0.2) is 23.3 Å². The molecular weight excluding hydrogens is 695 g/mol. The van der Waals surface area contributed by atoms with E-state index in [1.165, 1.54) is 22.3 Å². The summed E-state index contributed by atoms with van der Waals surface area (Å²) in [5.41, 5.74) is 14.8. The monoisotopic (exact) mass is 731 g/mol. The second kappa shape index (κ2) is 14.0. The van der Waals surface area contributed by atoms with E-state index in [0.717, 1.165) is 55.9 Å². The Morgan fingerprint density at radius 3 is 1.32 bits per heavy atom. The molecule has 0 spiro atoms. The van der Waals surface area contributed by atoms with Crippen LogP contribution in [0.4, 0.5) is 0 Å². The normalized spacial score (nSPS) is 12.5. The topological polar surface area (TPSA) is 64.5 Å². The molecule has 1 aliphatic rings. The smallest absolute Gasteiger partial charge is 0.164 e. The van der Waals surface area contributed by atoms with Crippen LogP contribution in [0.5, 0.6) is 0 Å². The lowest BCUT2D eigenvalue weighted by molar-refractivity contribution is 0.662. The Bertz CT molecular complexity index is 2860. The van der Waals surface area contributed by atoms with Crippen molar-refractivity contribution in [3.63, 3.8) is 0 Å². The summed E-state index contributed by atoms with van der Waals surface area (Å²) < 4.78 is 0. The van der Waals surface area contributed by atoms with Gasteiger partial charge in [-0.25, -0.2) is 24.9 Å². The van der Waals surface area contributed by atoms with Crippen LogP contribution in [0.1, 0.15) is 25.0 Å². The van der Waals surface area contributed by atoms with E-state index in [4.69, 9.17) is 24.9 Å². The predicted octanol–water partition coefficient (Wildman–Crippen LogP) is 12.6. The number of hydrogen-bond donors (Lipinski definition) is 0. The molecule has 0 fully saturated rings. The fraction of sp³-hybridized carbons (Fsp3) is 0.0577.